The number of Topliss-reactive ketones (excluding diaryl/α,β-unsaturated/α-hetero) is 1. The van der Waals surface area contributed by atoms with Crippen molar-refractivity contribution in [1.82, 2.24) is 40.4 Å². The smallest absolute Gasteiger partial charge is 0.224 e. The molecule has 42 heavy (non-hydrogen) atoms. The van der Waals surface area contributed by atoms with E-state index in [0.29, 0.717) is 45.7 Å². The number of amides is 1. The Morgan fingerprint density at radius 3 is 2.71 bits per heavy atom. The molecule has 12 heteroatoms. The van der Waals surface area contributed by atoms with Crippen LogP contribution in [0.2, 0.25) is 0 Å². The van der Waals surface area contributed by atoms with Gasteiger partial charge < -0.3 is 15.6 Å². The van der Waals surface area contributed by atoms with E-state index in [0.717, 1.165) is 58.4 Å². The second-order valence-corrected chi connectivity index (χ2v) is 11.5. The van der Waals surface area contributed by atoms with Gasteiger partial charge in [-0.2, -0.15) is 5.10 Å². The molecule has 0 unspecified atom stereocenters. The van der Waals surface area contributed by atoms with Gasteiger partial charge in [-0.25, -0.2) is 15.0 Å². The predicted octanol–water partition coefficient (Wildman–Crippen LogP) is 5.22. The Hall–Kier alpha value is -4.81. The third-order valence-corrected chi connectivity index (χ3v) is 8.76. The van der Waals surface area contributed by atoms with Gasteiger partial charge in [0.15, 0.2) is 22.9 Å². The van der Waals surface area contributed by atoms with E-state index < -0.39 is 0 Å². The van der Waals surface area contributed by atoms with Crippen molar-refractivity contribution in [2.45, 2.75) is 26.2 Å². The lowest BCUT2D eigenvalue weighted by atomic mass is 9.94. The van der Waals surface area contributed by atoms with Gasteiger partial charge in [-0.1, -0.05) is 0 Å². The lowest BCUT2D eigenvalue weighted by Crippen LogP contribution is -2.30. The van der Waals surface area contributed by atoms with Crippen LogP contribution in [0.5, 0.6) is 0 Å². The second-order valence-electron chi connectivity index (χ2n) is 10.5. The average molecular weight is 578 g/mol. The van der Waals surface area contributed by atoms with Gasteiger partial charge in [0.1, 0.15) is 5.69 Å². The number of hydrogen-bond acceptors (Lipinski definition) is 9. The number of carbonyl (C=O) groups is 2. The summed E-state index contributed by atoms with van der Waals surface area (Å²) < 4.78 is 0. The second kappa shape index (κ2) is 10.9. The minimum Gasteiger partial charge on any atom is -0.335 e. The molecule has 1 aliphatic heterocycles. The van der Waals surface area contributed by atoms with Crippen LogP contribution in [0.25, 0.3) is 55.3 Å². The number of fused-ring (bicyclic) bond motifs is 2. The molecule has 0 radical (unpaired) electrons. The Kier molecular flexibility index (Phi) is 6.76. The zero-order valence-electron chi connectivity index (χ0n) is 22.8. The zero-order valence-corrected chi connectivity index (χ0v) is 23.6. The number of piperidine rings is 1. The zero-order chi connectivity index (χ0) is 28.6. The Morgan fingerprint density at radius 2 is 1.88 bits per heavy atom. The van der Waals surface area contributed by atoms with Crippen LogP contribution in [0.4, 0.5) is 5.69 Å². The molecule has 7 rings (SSSR count). The van der Waals surface area contributed by atoms with Crippen molar-refractivity contribution < 1.29 is 9.59 Å². The molecule has 210 valence electrons. The Morgan fingerprint density at radius 1 is 1.02 bits per heavy atom. The summed E-state index contributed by atoms with van der Waals surface area (Å²) in [7, 11) is 0. The van der Waals surface area contributed by atoms with Gasteiger partial charge in [0.05, 0.1) is 27.7 Å². The van der Waals surface area contributed by atoms with Crippen molar-refractivity contribution in [2.24, 2.45) is 5.92 Å². The van der Waals surface area contributed by atoms with Crippen molar-refractivity contribution in [3.63, 3.8) is 0 Å². The van der Waals surface area contributed by atoms with E-state index in [-0.39, 0.29) is 11.7 Å². The topological polar surface area (TPSA) is 154 Å². The fraction of sp³-hybridized carbons (Fsp3) is 0.233. The van der Waals surface area contributed by atoms with Crippen LogP contribution in [0, 0.1) is 5.92 Å². The van der Waals surface area contributed by atoms with Crippen LogP contribution in [-0.2, 0) is 4.79 Å². The fourth-order valence-electron chi connectivity index (χ4n) is 5.37. The molecule has 0 aliphatic carbocycles. The molecule has 6 aromatic rings. The van der Waals surface area contributed by atoms with Crippen LogP contribution in [-0.4, -0.2) is 59.9 Å². The van der Waals surface area contributed by atoms with E-state index in [2.05, 4.69) is 40.8 Å². The number of pyridine rings is 3. The number of nitrogens with one attached hydrogen (secondary N) is 4. The van der Waals surface area contributed by atoms with E-state index in [1.165, 1.54) is 11.3 Å². The third-order valence-electron chi connectivity index (χ3n) is 7.55. The SMILES string of the molecule is CC(=O)c1ccc(-c2ccnc3nc(-c4[nH]nc5ncc(-c6cncc(NC(=O)CC7CCNCC7)c6)cc45)[nH]c23)s1. The summed E-state index contributed by atoms with van der Waals surface area (Å²) in [6.07, 6.45) is 9.40. The summed E-state index contributed by atoms with van der Waals surface area (Å²) >= 11 is 1.44. The molecule has 0 bridgehead atoms. The normalized spacial score (nSPS) is 14.0. The van der Waals surface area contributed by atoms with Crippen molar-refractivity contribution >= 4 is 50.9 Å². The maximum Gasteiger partial charge on any atom is 0.224 e. The summed E-state index contributed by atoms with van der Waals surface area (Å²) in [5.74, 6) is 1.02. The van der Waals surface area contributed by atoms with Crippen molar-refractivity contribution in [2.75, 3.05) is 18.4 Å². The monoisotopic (exact) mass is 577 g/mol. The van der Waals surface area contributed by atoms with Crippen LogP contribution < -0.4 is 10.6 Å². The van der Waals surface area contributed by atoms with Crippen LogP contribution in [0.1, 0.15) is 35.9 Å². The number of thiophene rings is 1. The largest absolute Gasteiger partial charge is 0.335 e. The Balaban J connectivity index is 1.19. The molecule has 1 saturated heterocycles. The number of anilines is 1. The van der Waals surface area contributed by atoms with Crippen molar-refractivity contribution in [3.8, 4) is 33.1 Å². The number of H-pyrrole nitrogens is 2. The molecule has 4 N–H and O–H groups in total. The summed E-state index contributed by atoms with van der Waals surface area (Å²) in [6.45, 7) is 3.49. The number of nitrogens with zero attached hydrogens (tertiary/aromatic N) is 5. The molecular formula is C30H27N9O2S. The van der Waals surface area contributed by atoms with Gasteiger partial charge in [-0.3, -0.25) is 19.7 Å². The van der Waals surface area contributed by atoms with Crippen molar-refractivity contribution in [1.29, 1.82) is 0 Å². The predicted molar refractivity (Wildman–Crippen MR) is 162 cm³/mol. The summed E-state index contributed by atoms with van der Waals surface area (Å²) in [5.41, 5.74) is 5.78. The van der Waals surface area contributed by atoms with E-state index in [1.54, 1.807) is 31.7 Å². The van der Waals surface area contributed by atoms with E-state index >= 15 is 0 Å². The number of carbonyl (C=O) groups excluding carboxylic acids is 2. The highest BCUT2D eigenvalue weighted by molar-refractivity contribution is 7.17. The lowest BCUT2D eigenvalue weighted by molar-refractivity contribution is -0.117. The molecule has 0 spiro atoms. The third kappa shape index (κ3) is 5.06. The van der Waals surface area contributed by atoms with Crippen LogP contribution >= 0.6 is 11.3 Å². The molecule has 7 heterocycles. The minimum atomic E-state index is 0.00415. The number of rotatable bonds is 7. The molecule has 0 saturated carbocycles. The van der Waals surface area contributed by atoms with Crippen LogP contribution in [0.15, 0.2) is 55.1 Å². The number of ketones is 1. The number of aromatic amines is 2. The maximum absolute atomic E-state index is 12.7. The number of aromatic nitrogens is 7. The van der Waals surface area contributed by atoms with Gasteiger partial charge in [0.25, 0.3) is 0 Å². The van der Waals surface area contributed by atoms with Crippen molar-refractivity contribution in [3.05, 3.63) is 60.0 Å². The molecule has 0 atom stereocenters. The number of imidazole rings is 1. The van der Waals surface area contributed by atoms with Crippen LogP contribution in [0.3, 0.4) is 0 Å². The summed E-state index contributed by atoms with van der Waals surface area (Å²) in [5, 5.41) is 14.6. The van der Waals surface area contributed by atoms with Gasteiger partial charge in [-0.05, 0) is 69.1 Å². The highest BCUT2D eigenvalue weighted by atomic mass is 32.1. The first kappa shape index (κ1) is 26.1. The van der Waals surface area contributed by atoms with Gasteiger partial charge in [-0.15, -0.1) is 11.3 Å². The molecule has 11 nitrogen and oxygen atoms in total. The average Bonchev–Trinajstić information content (AvgIpc) is 3.75. The molecule has 1 fully saturated rings. The first-order valence-corrected chi connectivity index (χ1v) is 14.6. The Labute approximate surface area is 244 Å². The lowest BCUT2D eigenvalue weighted by Gasteiger charge is -2.21. The van der Waals surface area contributed by atoms with E-state index in [9.17, 15) is 9.59 Å². The molecule has 6 aromatic heterocycles. The quantitative estimate of drug-likeness (QED) is 0.188. The molecular weight excluding hydrogens is 550 g/mol. The molecule has 1 aliphatic rings. The minimum absolute atomic E-state index is 0.00415. The Bertz CT molecular complexity index is 1950. The van der Waals surface area contributed by atoms with Gasteiger partial charge in [0, 0.05) is 46.6 Å². The highest BCUT2D eigenvalue weighted by Crippen LogP contribution is 2.35. The number of hydrogen-bond donors (Lipinski definition) is 4. The molecule has 0 aromatic carbocycles. The van der Waals surface area contributed by atoms with E-state index in [4.69, 9.17) is 4.98 Å². The summed E-state index contributed by atoms with van der Waals surface area (Å²) in [6, 6.07) is 9.58. The van der Waals surface area contributed by atoms with Gasteiger partial charge in [0.2, 0.25) is 5.91 Å². The first-order chi connectivity index (χ1) is 20.5. The van der Waals surface area contributed by atoms with E-state index in [1.807, 2.05) is 30.3 Å². The summed E-state index contributed by atoms with van der Waals surface area (Å²) in [4.78, 5) is 47.7. The standard InChI is InChI=1S/C30H27N9O2S/c1-16(40)23-2-3-24(42-23)21-6-9-33-29-26(21)36-30(37-29)27-22-12-19(14-34-28(22)39-38-27)18-11-20(15-32-13-18)35-25(41)10-17-4-7-31-8-5-17/h2-3,6,9,11-15,17,31H,4-5,7-8,10H2,1H3,(H,35,41)(H,33,36,37)(H,34,38,39). The first-order valence-electron chi connectivity index (χ1n) is 13.8. The van der Waals surface area contributed by atoms with Gasteiger partial charge >= 0.3 is 0 Å². The molecule has 1 amide bonds. The maximum atomic E-state index is 12.7. The fourth-order valence-corrected chi connectivity index (χ4v) is 6.30. The highest BCUT2D eigenvalue weighted by Gasteiger charge is 2.19.